The van der Waals surface area contributed by atoms with Gasteiger partial charge in [0.1, 0.15) is 5.75 Å². The van der Waals surface area contributed by atoms with Gasteiger partial charge in [-0.3, -0.25) is 0 Å². The molecule has 18 heavy (non-hydrogen) atoms. The number of fused-ring (bicyclic) bond motifs is 1. The summed E-state index contributed by atoms with van der Waals surface area (Å²) in [4.78, 5) is 0. The van der Waals surface area contributed by atoms with Gasteiger partial charge in [0.25, 0.3) is 0 Å². The summed E-state index contributed by atoms with van der Waals surface area (Å²) in [5.74, 6) is 3.64. The van der Waals surface area contributed by atoms with Gasteiger partial charge in [-0.25, -0.2) is 0 Å². The maximum atomic E-state index is 5.73. The van der Waals surface area contributed by atoms with Gasteiger partial charge in [0.2, 0.25) is 0 Å². The molecule has 1 atom stereocenters. The van der Waals surface area contributed by atoms with Crippen molar-refractivity contribution >= 4 is 27.7 Å². The van der Waals surface area contributed by atoms with Gasteiger partial charge in [0.15, 0.2) is 0 Å². The summed E-state index contributed by atoms with van der Waals surface area (Å²) in [7, 11) is 0. The predicted octanol–water partition coefficient (Wildman–Crippen LogP) is 3.76. The summed E-state index contributed by atoms with van der Waals surface area (Å²) in [6.45, 7) is 0.827. The zero-order chi connectivity index (χ0) is 12.4. The van der Waals surface area contributed by atoms with Crippen molar-refractivity contribution in [1.29, 1.82) is 0 Å². The van der Waals surface area contributed by atoms with E-state index in [2.05, 4.69) is 51.2 Å². The molecule has 98 valence electrons. The van der Waals surface area contributed by atoms with E-state index in [1.165, 1.54) is 29.9 Å². The quantitative estimate of drug-likeness (QED) is 0.893. The predicted molar refractivity (Wildman–Crippen MR) is 80.5 cm³/mol. The summed E-state index contributed by atoms with van der Waals surface area (Å²) >= 11 is 5.63. The summed E-state index contributed by atoms with van der Waals surface area (Å²) in [5.41, 5.74) is 1.31. The number of nitrogens with one attached hydrogen (secondary N) is 1. The molecule has 1 N–H and O–H groups in total. The van der Waals surface area contributed by atoms with Gasteiger partial charge in [-0.1, -0.05) is 15.9 Å². The van der Waals surface area contributed by atoms with E-state index < -0.39 is 0 Å². The first-order chi connectivity index (χ1) is 8.83. The van der Waals surface area contributed by atoms with Gasteiger partial charge >= 0.3 is 0 Å². The van der Waals surface area contributed by atoms with Crippen LogP contribution in [-0.4, -0.2) is 24.2 Å². The van der Waals surface area contributed by atoms with E-state index in [0.29, 0.717) is 12.1 Å². The van der Waals surface area contributed by atoms with Gasteiger partial charge in [0, 0.05) is 28.5 Å². The molecule has 1 saturated heterocycles. The summed E-state index contributed by atoms with van der Waals surface area (Å²) in [6, 6.07) is 7.46. The fraction of sp³-hybridized carbons (Fsp3) is 0.571. The highest BCUT2D eigenvalue weighted by molar-refractivity contribution is 9.10. The first-order valence-electron chi connectivity index (χ1n) is 6.59. The van der Waals surface area contributed by atoms with Crippen LogP contribution in [0.3, 0.4) is 0 Å². The Labute approximate surface area is 121 Å². The van der Waals surface area contributed by atoms with E-state index in [1.54, 1.807) is 0 Å². The zero-order valence-electron chi connectivity index (χ0n) is 10.3. The molecule has 1 aromatic rings. The molecule has 4 heteroatoms. The Kier molecular flexibility index (Phi) is 4.16. The molecule has 0 saturated carbocycles. The van der Waals surface area contributed by atoms with Crippen molar-refractivity contribution in [2.45, 2.75) is 31.3 Å². The normalized spacial score (nSPS) is 24.4. The smallest absolute Gasteiger partial charge is 0.124 e. The Morgan fingerprint density at radius 1 is 1.22 bits per heavy atom. The minimum Gasteiger partial charge on any atom is -0.493 e. The van der Waals surface area contributed by atoms with E-state index >= 15 is 0 Å². The van der Waals surface area contributed by atoms with Gasteiger partial charge in [-0.15, -0.1) is 0 Å². The second kappa shape index (κ2) is 5.85. The molecule has 0 amide bonds. The van der Waals surface area contributed by atoms with Crippen LogP contribution in [0, 0.1) is 0 Å². The number of thioether (sulfide) groups is 1. The van der Waals surface area contributed by atoms with Crippen molar-refractivity contribution in [3.8, 4) is 5.75 Å². The second-order valence-electron chi connectivity index (χ2n) is 4.93. The molecule has 1 fully saturated rings. The van der Waals surface area contributed by atoms with Crippen LogP contribution in [0.1, 0.15) is 30.9 Å². The number of rotatable bonds is 2. The highest BCUT2D eigenvalue weighted by Crippen LogP contribution is 2.35. The van der Waals surface area contributed by atoms with Crippen LogP contribution >= 0.6 is 27.7 Å². The fourth-order valence-corrected chi connectivity index (χ4v) is 4.17. The largest absolute Gasteiger partial charge is 0.493 e. The minimum absolute atomic E-state index is 0.458. The molecule has 0 aliphatic carbocycles. The van der Waals surface area contributed by atoms with Crippen molar-refractivity contribution in [3.05, 3.63) is 28.2 Å². The Balaban J connectivity index is 1.75. The molecular formula is C14H18BrNOS. The van der Waals surface area contributed by atoms with E-state index in [-0.39, 0.29) is 0 Å². The van der Waals surface area contributed by atoms with Gasteiger partial charge < -0.3 is 10.1 Å². The molecule has 2 aliphatic rings. The number of hydrogen-bond acceptors (Lipinski definition) is 3. The third-order valence-corrected chi connectivity index (χ3v) is 5.21. The summed E-state index contributed by atoms with van der Waals surface area (Å²) < 4.78 is 6.87. The maximum absolute atomic E-state index is 5.73. The van der Waals surface area contributed by atoms with Crippen molar-refractivity contribution in [1.82, 2.24) is 5.32 Å². The van der Waals surface area contributed by atoms with Crippen LogP contribution in [0.25, 0.3) is 0 Å². The highest BCUT2D eigenvalue weighted by atomic mass is 79.9. The first kappa shape index (κ1) is 12.8. The van der Waals surface area contributed by atoms with Crippen LogP contribution < -0.4 is 10.1 Å². The van der Waals surface area contributed by atoms with E-state index in [4.69, 9.17) is 4.74 Å². The number of halogens is 1. The lowest BCUT2D eigenvalue weighted by Crippen LogP contribution is -2.37. The average molecular weight is 328 g/mol. The third-order valence-electron chi connectivity index (χ3n) is 3.67. The molecular weight excluding hydrogens is 310 g/mol. The molecule has 0 spiro atoms. The average Bonchev–Trinajstić information content (AvgIpc) is 2.41. The zero-order valence-corrected chi connectivity index (χ0v) is 12.7. The van der Waals surface area contributed by atoms with Crippen molar-refractivity contribution < 1.29 is 4.74 Å². The van der Waals surface area contributed by atoms with Crippen LogP contribution in [-0.2, 0) is 0 Å². The third kappa shape index (κ3) is 2.86. The van der Waals surface area contributed by atoms with E-state index in [0.717, 1.165) is 23.2 Å². The Morgan fingerprint density at radius 3 is 2.89 bits per heavy atom. The maximum Gasteiger partial charge on any atom is 0.124 e. The molecule has 3 rings (SSSR count). The fourth-order valence-electron chi connectivity index (χ4n) is 2.69. The summed E-state index contributed by atoms with van der Waals surface area (Å²) in [6.07, 6.45) is 3.67. The van der Waals surface area contributed by atoms with Crippen LogP contribution in [0.5, 0.6) is 5.75 Å². The Morgan fingerprint density at radius 2 is 2.06 bits per heavy atom. The summed E-state index contributed by atoms with van der Waals surface area (Å²) in [5, 5.41) is 3.83. The van der Waals surface area contributed by atoms with E-state index in [1.807, 2.05) is 0 Å². The number of ether oxygens (including phenoxy) is 1. The molecule has 0 bridgehead atoms. The van der Waals surface area contributed by atoms with Gasteiger partial charge in [-0.2, -0.15) is 11.8 Å². The standard InChI is InChI=1S/C14H18BrNOS/c15-10-1-2-14-12(9-10)13(3-6-17-14)16-11-4-7-18-8-5-11/h1-2,9,11,13,16H,3-8H2. The molecule has 0 radical (unpaired) electrons. The van der Waals surface area contributed by atoms with Crippen LogP contribution in [0.15, 0.2) is 22.7 Å². The van der Waals surface area contributed by atoms with Crippen molar-refractivity contribution in [2.75, 3.05) is 18.1 Å². The lowest BCUT2D eigenvalue weighted by atomic mass is 9.98. The van der Waals surface area contributed by atoms with Crippen LogP contribution in [0.2, 0.25) is 0 Å². The Bertz CT molecular complexity index is 420. The first-order valence-corrected chi connectivity index (χ1v) is 8.54. The number of hydrogen-bond donors (Lipinski definition) is 1. The van der Waals surface area contributed by atoms with Crippen LogP contribution in [0.4, 0.5) is 0 Å². The molecule has 1 aromatic carbocycles. The number of benzene rings is 1. The second-order valence-corrected chi connectivity index (χ2v) is 7.07. The topological polar surface area (TPSA) is 21.3 Å². The van der Waals surface area contributed by atoms with Crippen molar-refractivity contribution in [3.63, 3.8) is 0 Å². The highest BCUT2D eigenvalue weighted by Gasteiger charge is 2.24. The minimum atomic E-state index is 0.458. The molecule has 2 nitrogen and oxygen atoms in total. The SMILES string of the molecule is Brc1ccc2c(c1)C(NC1CCSCC1)CCO2. The van der Waals surface area contributed by atoms with Gasteiger partial charge in [0.05, 0.1) is 6.61 Å². The molecule has 1 unspecified atom stereocenters. The molecule has 0 aromatic heterocycles. The Hall–Kier alpha value is -0.190. The van der Waals surface area contributed by atoms with Crippen molar-refractivity contribution in [2.24, 2.45) is 0 Å². The lowest BCUT2D eigenvalue weighted by Gasteiger charge is -2.32. The lowest BCUT2D eigenvalue weighted by molar-refractivity contribution is 0.241. The molecule has 2 heterocycles. The molecule has 2 aliphatic heterocycles. The van der Waals surface area contributed by atoms with Gasteiger partial charge in [-0.05, 0) is 42.5 Å². The monoisotopic (exact) mass is 327 g/mol. The van der Waals surface area contributed by atoms with E-state index in [9.17, 15) is 0 Å².